The van der Waals surface area contributed by atoms with Gasteiger partial charge in [-0.25, -0.2) is 27.5 Å². The molecular formula is C22H19Cl2FN6O2S. The van der Waals surface area contributed by atoms with Crippen LogP contribution in [0.5, 0.6) is 0 Å². The number of benzene rings is 2. The number of halogens is 3. The van der Waals surface area contributed by atoms with Crippen molar-refractivity contribution in [2.45, 2.75) is 36.6 Å². The monoisotopic (exact) mass is 520 g/mol. The van der Waals surface area contributed by atoms with Gasteiger partial charge < -0.3 is 5.73 Å². The molecule has 34 heavy (non-hydrogen) atoms. The summed E-state index contributed by atoms with van der Waals surface area (Å²) in [5.74, 6) is -0.553. The first kappa shape index (κ1) is 22.8. The maximum Gasteiger partial charge on any atom is 0.263 e. The molecule has 2 aromatic heterocycles. The molecule has 0 radical (unpaired) electrons. The molecule has 0 spiro atoms. The van der Waals surface area contributed by atoms with Crippen LogP contribution in [0.25, 0.3) is 22.3 Å². The van der Waals surface area contributed by atoms with Crippen molar-refractivity contribution in [1.29, 1.82) is 0 Å². The van der Waals surface area contributed by atoms with E-state index in [2.05, 4.69) is 14.7 Å². The quantitative estimate of drug-likeness (QED) is 0.362. The number of nitrogens with one attached hydrogen (secondary N) is 1. The summed E-state index contributed by atoms with van der Waals surface area (Å²) in [4.78, 5) is 8.19. The molecule has 0 bridgehead atoms. The van der Waals surface area contributed by atoms with Crippen molar-refractivity contribution in [3.05, 3.63) is 58.6 Å². The van der Waals surface area contributed by atoms with Crippen LogP contribution in [0.4, 0.5) is 15.9 Å². The minimum absolute atomic E-state index is 0.0740. The summed E-state index contributed by atoms with van der Waals surface area (Å²) in [6.07, 6.45) is 5.53. The van der Waals surface area contributed by atoms with Crippen molar-refractivity contribution in [3.63, 3.8) is 0 Å². The molecule has 0 amide bonds. The number of aromatic nitrogens is 4. The Morgan fingerprint density at radius 3 is 2.62 bits per heavy atom. The molecule has 0 aliphatic heterocycles. The Balaban J connectivity index is 1.54. The lowest BCUT2D eigenvalue weighted by atomic mass is 10.1. The number of anilines is 2. The van der Waals surface area contributed by atoms with Crippen molar-refractivity contribution < 1.29 is 12.8 Å². The van der Waals surface area contributed by atoms with E-state index in [-0.39, 0.29) is 32.5 Å². The van der Waals surface area contributed by atoms with Crippen LogP contribution >= 0.6 is 23.2 Å². The highest BCUT2D eigenvalue weighted by Gasteiger charge is 2.26. The summed E-state index contributed by atoms with van der Waals surface area (Å²) in [6.45, 7) is 0. The molecule has 1 fully saturated rings. The van der Waals surface area contributed by atoms with Crippen LogP contribution < -0.4 is 10.5 Å². The average Bonchev–Trinajstić information content (AvgIpc) is 3.45. The molecule has 0 unspecified atom stereocenters. The molecule has 2 heterocycles. The zero-order valence-corrected chi connectivity index (χ0v) is 20.0. The number of nitrogen functional groups attached to an aromatic ring is 1. The highest BCUT2D eigenvalue weighted by atomic mass is 35.5. The van der Waals surface area contributed by atoms with Crippen LogP contribution in [0.2, 0.25) is 10.0 Å². The van der Waals surface area contributed by atoms with Gasteiger partial charge in [-0.3, -0.25) is 4.72 Å². The molecule has 0 atom stereocenters. The minimum Gasteiger partial charge on any atom is -0.383 e. The second kappa shape index (κ2) is 8.68. The van der Waals surface area contributed by atoms with Gasteiger partial charge in [-0.2, -0.15) is 5.10 Å². The van der Waals surface area contributed by atoms with E-state index in [4.69, 9.17) is 34.0 Å². The SMILES string of the molecule is Nc1ncnc2c1c(-c1ccc(NS(=O)(=O)c3cccc(Cl)c3Cl)c(F)c1)nn2C1CCCC1. The Hall–Kier alpha value is -2.95. The van der Waals surface area contributed by atoms with E-state index in [0.29, 0.717) is 22.3 Å². The Morgan fingerprint density at radius 2 is 1.88 bits per heavy atom. The van der Waals surface area contributed by atoms with E-state index in [0.717, 1.165) is 25.7 Å². The van der Waals surface area contributed by atoms with E-state index >= 15 is 4.39 Å². The molecule has 4 aromatic rings. The molecule has 1 aliphatic carbocycles. The molecule has 8 nitrogen and oxygen atoms in total. The highest BCUT2D eigenvalue weighted by molar-refractivity contribution is 7.92. The van der Waals surface area contributed by atoms with Gasteiger partial charge in [0.15, 0.2) is 5.65 Å². The normalized spacial score (nSPS) is 14.7. The zero-order chi connectivity index (χ0) is 24.0. The number of hydrogen-bond acceptors (Lipinski definition) is 6. The lowest BCUT2D eigenvalue weighted by Gasteiger charge is -2.12. The van der Waals surface area contributed by atoms with Crippen LogP contribution in [0.1, 0.15) is 31.7 Å². The van der Waals surface area contributed by atoms with Crippen molar-refractivity contribution in [1.82, 2.24) is 19.7 Å². The summed E-state index contributed by atoms with van der Waals surface area (Å²) < 4.78 is 44.7. The van der Waals surface area contributed by atoms with Gasteiger partial charge in [0, 0.05) is 5.56 Å². The molecule has 176 valence electrons. The predicted octanol–water partition coefficient (Wildman–Crippen LogP) is 5.44. The second-order valence-corrected chi connectivity index (χ2v) is 10.5. The summed E-state index contributed by atoms with van der Waals surface area (Å²) in [5.41, 5.74) is 7.34. The number of fused-ring (bicyclic) bond motifs is 1. The van der Waals surface area contributed by atoms with Crippen LogP contribution in [0.15, 0.2) is 47.6 Å². The fourth-order valence-electron chi connectivity index (χ4n) is 4.24. The summed E-state index contributed by atoms with van der Waals surface area (Å²) in [7, 11) is -4.18. The summed E-state index contributed by atoms with van der Waals surface area (Å²) in [6, 6.07) is 8.46. The third-order valence-corrected chi connectivity index (χ3v) is 8.22. The largest absolute Gasteiger partial charge is 0.383 e. The Morgan fingerprint density at radius 1 is 1.12 bits per heavy atom. The van der Waals surface area contributed by atoms with E-state index < -0.39 is 15.8 Å². The number of nitrogens with zero attached hydrogens (tertiary/aromatic N) is 4. The van der Waals surface area contributed by atoms with E-state index in [1.54, 1.807) is 6.07 Å². The molecule has 5 rings (SSSR count). The number of hydrogen-bond donors (Lipinski definition) is 2. The molecule has 0 saturated heterocycles. The van der Waals surface area contributed by atoms with Crippen molar-refractivity contribution in [3.8, 4) is 11.3 Å². The Labute approximate surface area is 205 Å². The standard InChI is InChI=1S/C22H19Cl2FN6O2S/c23-14-6-3-7-17(19(14)24)34(32,33)30-16-9-8-12(10-15(16)25)20-18-21(26)27-11-28-22(18)31(29-20)13-4-1-2-5-13/h3,6-11,13,30H,1-2,4-5H2,(H2,26,27,28). The van der Waals surface area contributed by atoms with Gasteiger partial charge in [0.1, 0.15) is 28.6 Å². The van der Waals surface area contributed by atoms with E-state index in [1.165, 1.54) is 36.7 Å². The fourth-order valence-corrected chi connectivity index (χ4v) is 6.07. The third kappa shape index (κ3) is 3.95. The lowest BCUT2D eigenvalue weighted by Crippen LogP contribution is -2.14. The van der Waals surface area contributed by atoms with Crippen molar-refractivity contribution >= 4 is 55.8 Å². The first-order chi connectivity index (χ1) is 16.3. The van der Waals surface area contributed by atoms with Gasteiger partial charge in [0.25, 0.3) is 10.0 Å². The third-order valence-electron chi connectivity index (χ3n) is 5.88. The zero-order valence-electron chi connectivity index (χ0n) is 17.7. The van der Waals surface area contributed by atoms with Gasteiger partial charge in [-0.1, -0.05) is 48.2 Å². The number of nitrogens with two attached hydrogens (primary N) is 1. The number of rotatable bonds is 5. The van der Waals surface area contributed by atoms with Gasteiger partial charge in [-0.05, 0) is 37.1 Å². The number of sulfonamides is 1. The first-order valence-electron chi connectivity index (χ1n) is 10.5. The fraction of sp³-hybridized carbons (Fsp3) is 0.227. The van der Waals surface area contributed by atoms with Crippen LogP contribution in [-0.2, 0) is 10.0 Å². The molecule has 1 aliphatic rings. The van der Waals surface area contributed by atoms with Crippen molar-refractivity contribution in [2.24, 2.45) is 0 Å². The molecule has 2 aromatic carbocycles. The van der Waals surface area contributed by atoms with Gasteiger partial charge in [0.05, 0.1) is 27.2 Å². The predicted molar refractivity (Wildman–Crippen MR) is 130 cm³/mol. The average molecular weight is 521 g/mol. The van der Waals surface area contributed by atoms with Crippen molar-refractivity contribution in [2.75, 3.05) is 10.5 Å². The van der Waals surface area contributed by atoms with Gasteiger partial charge >= 0.3 is 0 Å². The smallest absolute Gasteiger partial charge is 0.263 e. The Kier molecular flexibility index (Phi) is 5.83. The van der Waals surface area contributed by atoms with Gasteiger partial charge in [0.2, 0.25) is 0 Å². The minimum atomic E-state index is -4.18. The first-order valence-corrected chi connectivity index (χ1v) is 12.8. The molecular weight excluding hydrogens is 502 g/mol. The molecule has 3 N–H and O–H groups in total. The van der Waals surface area contributed by atoms with Gasteiger partial charge in [-0.15, -0.1) is 0 Å². The van der Waals surface area contributed by atoms with E-state index in [1.807, 2.05) is 4.68 Å². The van der Waals surface area contributed by atoms with E-state index in [9.17, 15) is 8.42 Å². The highest BCUT2D eigenvalue weighted by Crippen LogP contribution is 2.37. The lowest BCUT2D eigenvalue weighted by molar-refractivity contribution is 0.479. The van der Waals surface area contributed by atoms with Crippen LogP contribution in [0.3, 0.4) is 0 Å². The molecule has 1 saturated carbocycles. The summed E-state index contributed by atoms with van der Waals surface area (Å²) >= 11 is 12.0. The Bertz CT molecular complexity index is 1520. The second-order valence-electron chi connectivity index (χ2n) is 8.04. The van der Waals surface area contributed by atoms with Crippen LogP contribution in [-0.4, -0.2) is 28.2 Å². The van der Waals surface area contributed by atoms with Crippen LogP contribution in [0, 0.1) is 5.82 Å². The maximum atomic E-state index is 15.1. The molecule has 12 heteroatoms. The summed E-state index contributed by atoms with van der Waals surface area (Å²) in [5, 5.41) is 5.18. The topological polar surface area (TPSA) is 116 Å². The maximum absolute atomic E-state index is 15.1.